The van der Waals surface area contributed by atoms with Crippen LogP contribution in [0.4, 0.5) is 0 Å². The van der Waals surface area contributed by atoms with Gasteiger partial charge in [0.25, 0.3) is 0 Å². The van der Waals surface area contributed by atoms with Crippen LogP contribution >= 0.6 is 12.6 Å². The van der Waals surface area contributed by atoms with Crippen LogP contribution in [0.3, 0.4) is 0 Å². The molecule has 3 nitrogen and oxygen atoms in total. The summed E-state index contributed by atoms with van der Waals surface area (Å²) in [4.78, 5) is 4.46. The topological polar surface area (TPSA) is 15.7 Å². The van der Waals surface area contributed by atoms with Gasteiger partial charge in [0.2, 0.25) is 0 Å². The molecule has 0 aromatic carbocycles. The van der Waals surface area contributed by atoms with Gasteiger partial charge in [-0.1, -0.05) is 0 Å². The van der Waals surface area contributed by atoms with Crippen LogP contribution in [0, 0.1) is 0 Å². The molecule has 0 N–H and O–H groups in total. The quantitative estimate of drug-likeness (QED) is 0.458. The second-order valence-corrected chi connectivity index (χ2v) is 3.89. The molecular formula is C9H22N2OS. The van der Waals surface area contributed by atoms with Crippen LogP contribution in [0.5, 0.6) is 0 Å². The van der Waals surface area contributed by atoms with E-state index >= 15 is 0 Å². The largest absolute Gasteiger partial charge is 0.379 e. The molecule has 0 unspecified atom stereocenters. The third-order valence-corrected chi connectivity index (χ3v) is 1.96. The van der Waals surface area contributed by atoms with Crippen molar-refractivity contribution in [2.75, 3.05) is 59.7 Å². The van der Waals surface area contributed by atoms with Gasteiger partial charge in [0.15, 0.2) is 0 Å². The van der Waals surface area contributed by atoms with Gasteiger partial charge in [-0.05, 0) is 21.1 Å². The SMILES string of the molecule is CN(C)CCN(C)CCOCCS. The average molecular weight is 206 g/mol. The molecule has 0 aromatic rings. The van der Waals surface area contributed by atoms with Gasteiger partial charge in [0, 0.05) is 25.4 Å². The third-order valence-electron chi connectivity index (χ3n) is 1.78. The molecule has 0 fully saturated rings. The summed E-state index contributed by atoms with van der Waals surface area (Å²) >= 11 is 4.07. The minimum atomic E-state index is 0.755. The van der Waals surface area contributed by atoms with E-state index in [1.807, 2.05) is 0 Å². The maximum absolute atomic E-state index is 5.33. The lowest BCUT2D eigenvalue weighted by Gasteiger charge is -2.18. The summed E-state index contributed by atoms with van der Waals surface area (Å²) in [6.45, 7) is 4.76. The number of rotatable bonds is 8. The van der Waals surface area contributed by atoms with Crippen molar-refractivity contribution in [1.29, 1.82) is 0 Å². The molecule has 0 aliphatic rings. The highest BCUT2D eigenvalue weighted by atomic mass is 32.1. The fraction of sp³-hybridized carbons (Fsp3) is 1.00. The smallest absolute Gasteiger partial charge is 0.0593 e. The Bertz CT molecular complexity index is 112. The van der Waals surface area contributed by atoms with E-state index in [2.05, 4.69) is 43.6 Å². The highest BCUT2D eigenvalue weighted by Gasteiger charge is 1.98. The first-order valence-electron chi connectivity index (χ1n) is 4.68. The Morgan fingerprint density at radius 3 is 2.23 bits per heavy atom. The Morgan fingerprint density at radius 2 is 1.69 bits per heavy atom. The van der Waals surface area contributed by atoms with E-state index in [-0.39, 0.29) is 0 Å². The van der Waals surface area contributed by atoms with Crippen molar-refractivity contribution >= 4 is 12.6 Å². The molecule has 0 aliphatic carbocycles. The summed E-state index contributed by atoms with van der Waals surface area (Å²) in [6, 6.07) is 0. The summed E-state index contributed by atoms with van der Waals surface area (Å²) < 4.78 is 5.33. The van der Waals surface area contributed by atoms with Crippen molar-refractivity contribution in [3.05, 3.63) is 0 Å². The second-order valence-electron chi connectivity index (χ2n) is 3.44. The molecule has 0 bridgehead atoms. The van der Waals surface area contributed by atoms with E-state index in [1.54, 1.807) is 0 Å². The van der Waals surface area contributed by atoms with E-state index in [1.165, 1.54) is 0 Å². The summed E-state index contributed by atoms with van der Waals surface area (Å²) in [6.07, 6.45) is 0. The average Bonchev–Trinajstić information content (AvgIpc) is 2.09. The molecule has 0 amide bonds. The molecule has 0 saturated carbocycles. The summed E-state index contributed by atoms with van der Waals surface area (Å²) in [5, 5.41) is 0. The zero-order valence-corrected chi connectivity index (χ0v) is 9.89. The Morgan fingerprint density at radius 1 is 1.00 bits per heavy atom. The van der Waals surface area contributed by atoms with E-state index in [4.69, 9.17) is 4.74 Å². The number of nitrogens with zero attached hydrogens (tertiary/aromatic N) is 2. The minimum absolute atomic E-state index is 0.755. The van der Waals surface area contributed by atoms with Gasteiger partial charge in [-0.25, -0.2) is 0 Å². The molecule has 0 aromatic heterocycles. The predicted molar refractivity (Wildman–Crippen MR) is 60.7 cm³/mol. The molecule has 0 rings (SSSR count). The zero-order valence-electron chi connectivity index (χ0n) is 8.99. The number of likely N-dealkylation sites (N-methyl/N-ethyl adjacent to an activating group) is 2. The number of ether oxygens (including phenoxy) is 1. The third kappa shape index (κ3) is 10.1. The number of hydrogen-bond acceptors (Lipinski definition) is 4. The standard InChI is InChI=1S/C9H22N2OS/c1-10(2)4-5-11(3)6-7-12-8-9-13/h13H,4-9H2,1-3H3. The first-order chi connectivity index (χ1) is 6.16. The Kier molecular flexibility index (Phi) is 8.97. The van der Waals surface area contributed by atoms with Crippen LogP contribution in [0.2, 0.25) is 0 Å². The Labute approximate surface area is 87.4 Å². The van der Waals surface area contributed by atoms with Gasteiger partial charge in [0.05, 0.1) is 13.2 Å². The molecule has 0 atom stereocenters. The molecule has 4 heteroatoms. The van der Waals surface area contributed by atoms with Crippen LogP contribution in [0.1, 0.15) is 0 Å². The Balaban J connectivity index is 3.15. The zero-order chi connectivity index (χ0) is 10.1. The van der Waals surface area contributed by atoms with E-state index in [0.717, 1.165) is 38.6 Å². The lowest BCUT2D eigenvalue weighted by atomic mass is 10.5. The molecule has 0 spiro atoms. The normalized spacial score (nSPS) is 11.5. The van der Waals surface area contributed by atoms with Crippen molar-refractivity contribution in [1.82, 2.24) is 9.80 Å². The van der Waals surface area contributed by atoms with Crippen LogP contribution in [0.25, 0.3) is 0 Å². The first-order valence-corrected chi connectivity index (χ1v) is 5.32. The summed E-state index contributed by atoms with van der Waals surface area (Å²) in [7, 11) is 6.30. The van der Waals surface area contributed by atoms with Crippen molar-refractivity contribution < 1.29 is 4.74 Å². The monoisotopic (exact) mass is 206 g/mol. The van der Waals surface area contributed by atoms with E-state index in [9.17, 15) is 0 Å². The number of hydrogen-bond donors (Lipinski definition) is 1. The van der Waals surface area contributed by atoms with Crippen molar-refractivity contribution in [3.63, 3.8) is 0 Å². The van der Waals surface area contributed by atoms with Gasteiger partial charge in [-0.2, -0.15) is 12.6 Å². The van der Waals surface area contributed by atoms with Crippen LogP contribution in [-0.2, 0) is 4.74 Å². The van der Waals surface area contributed by atoms with Crippen molar-refractivity contribution in [2.24, 2.45) is 0 Å². The van der Waals surface area contributed by atoms with E-state index < -0.39 is 0 Å². The Hall–Kier alpha value is 0.230. The predicted octanol–water partition coefficient (Wildman–Crippen LogP) is 0.426. The molecule has 0 aliphatic heterocycles. The highest BCUT2D eigenvalue weighted by molar-refractivity contribution is 7.80. The molecule has 0 saturated heterocycles. The van der Waals surface area contributed by atoms with Crippen molar-refractivity contribution in [2.45, 2.75) is 0 Å². The van der Waals surface area contributed by atoms with Gasteiger partial charge in [0.1, 0.15) is 0 Å². The summed E-state index contributed by atoms with van der Waals surface area (Å²) in [5.41, 5.74) is 0. The molecule has 80 valence electrons. The maximum Gasteiger partial charge on any atom is 0.0593 e. The van der Waals surface area contributed by atoms with Gasteiger partial charge in [-0.3, -0.25) is 0 Å². The van der Waals surface area contributed by atoms with Crippen LogP contribution in [0.15, 0.2) is 0 Å². The second kappa shape index (κ2) is 8.81. The van der Waals surface area contributed by atoms with E-state index in [0.29, 0.717) is 0 Å². The molecule has 13 heavy (non-hydrogen) atoms. The van der Waals surface area contributed by atoms with Gasteiger partial charge in [-0.15, -0.1) is 0 Å². The first kappa shape index (κ1) is 13.2. The van der Waals surface area contributed by atoms with Crippen LogP contribution < -0.4 is 0 Å². The lowest BCUT2D eigenvalue weighted by Crippen LogP contribution is -2.31. The lowest BCUT2D eigenvalue weighted by molar-refractivity contribution is 0.122. The highest BCUT2D eigenvalue weighted by Crippen LogP contribution is 1.85. The number of thiol groups is 1. The maximum atomic E-state index is 5.33. The van der Waals surface area contributed by atoms with Crippen molar-refractivity contribution in [3.8, 4) is 0 Å². The minimum Gasteiger partial charge on any atom is -0.379 e. The van der Waals surface area contributed by atoms with Crippen LogP contribution in [-0.4, -0.2) is 69.5 Å². The molecule has 0 radical (unpaired) electrons. The molecular weight excluding hydrogens is 184 g/mol. The van der Waals surface area contributed by atoms with Gasteiger partial charge >= 0.3 is 0 Å². The molecule has 0 heterocycles. The fourth-order valence-corrected chi connectivity index (χ4v) is 0.999. The van der Waals surface area contributed by atoms with Gasteiger partial charge < -0.3 is 14.5 Å². The fourth-order valence-electron chi connectivity index (χ4n) is 0.870. The summed E-state index contributed by atoms with van der Waals surface area (Å²) in [5.74, 6) is 0.807.